The van der Waals surface area contributed by atoms with Crippen LogP contribution >= 0.6 is 0 Å². The number of carbonyl (C=O) groups excluding carboxylic acids is 1. The second-order valence-corrected chi connectivity index (χ2v) is 8.59. The summed E-state index contributed by atoms with van der Waals surface area (Å²) >= 11 is 0. The van der Waals surface area contributed by atoms with Gasteiger partial charge in [-0.15, -0.1) is 0 Å². The van der Waals surface area contributed by atoms with Crippen molar-refractivity contribution in [3.8, 4) is 0 Å². The fourth-order valence-electron chi connectivity index (χ4n) is 6.28. The zero-order chi connectivity index (χ0) is 15.3. The van der Waals surface area contributed by atoms with Crippen molar-refractivity contribution in [1.29, 1.82) is 0 Å². The minimum atomic E-state index is -0.729. The minimum Gasteiger partial charge on any atom is -0.481 e. The Bertz CT molecular complexity index is 451. The van der Waals surface area contributed by atoms with Gasteiger partial charge in [0.15, 0.2) is 0 Å². The van der Waals surface area contributed by atoms with Crippen LogP contribution in [0.4, 0.5) is 0 Å². The van der Waals surface area contributed by atoms with Crippen molar-refractivity contribution >= 4 is 11.9 Å². The molecule has 0 aromatic rings. The molecule has 0 saturated heterocycles. The second-order valence-electron chi connectivity index (χ2n) is 8.59. The van der Waals surface area contributed by atoms with Crippen LogP contribution in [0.1, 0.15) is 64.2 Å². The summed E-state index contributed by atoms with van der Waals surface area (Å²) in [7, 11) is 0. The molecule has 5 saturated carbocycles. The van der Waals surface area contributed by atoms with E-state index in [0.717, 1.165) is 37.0 Å². The predicted octanol–water partition coefficient (Wildman–Crippen LogP) is 2.96. The first-order valence-electron chi connectivity index (χ1n) is 9.08. The highest BCUT2D eigenvalue weighted by atomic mass is 16.4. The van der Waals surface area contributed by atoms with Gasteiger partial charge in [-0.3, -0.25) is 9.59 Å². The lowest BCUT2D eigenvalue weighted by Gasteiger charge is -2.57. The molecule has 2 N–H and O–H groups in total. The van der Waals surface area contributed by atoms with Crippen molar-refractivity contribution in [3.63, 3.8) is 0 Å². The molecule has 122 valence electrons. The SMILES string of the molecule is O=C(O)C1CCCC(C(=O)NC23CC4CC(CC(C4)C2)C3)C1. The Morgan fingerprint density at radius 3 is 1.95 bits per heavy atom. The van der Waals surface area contributed by atoms with Gasteiger partial charge in [0.25, 0.3) is 0 Å². The normalized spacial score (nSPS) is 46.5. The molecule has 0 radical (unpaired) electrons. The number of carboxylic acid groups (broad SMARTS) is 1. The molecule has 5 fully saturated rings. The van der Waals surface area contributed by atoms with Crippen molar-refractivity contribution in [2.75, 3.05) is 0 Å². The van der Waals surface area contributed by atoms with Crippen LogP contribution < -0.4 is 5.32 Å². The van der Waals surface area contributed by atoms with E-state index < -0.39 is 5.97 Å². The van der Waals surface area contributed by atoms with Gasteiger partial charge in [-0.05, 0) is 75.5 Å². The van der Waals surface area contributed by atoms with E-state index in [9.17, 15) is 14.7 Å². The van der Waals surface area contributed by atoms with Gasteiger partial charge in [0.2, 0.25) is 5.91 Å². The molecule has 0 heterocycles. The van der Waals surface area contributed by atoms with E-state index in [0.29, 0.717) is 6.42 Å². The summed E-state index contributed by atoms with van der Waals surface area (Å²) in [5.41, 5.74) is 0.0575. The molecule has 5 rings (SSSR count). The first-order valence-corrected chi connectivity index (χ1v) is 9.08. The maximum atomic E-state index is 12.7. The smallest absolute Gasteiger partial charge is 0.306 e. The van der Waals surface area contributed by atoms with Gasteiger partial charge in [0, 0.05) is 11.5 Å². The lowest BCUT2D eigenvalue weighted by molar-refractivity contribution is -0.144. The Balaban J connectivity index is 1.42. The second kappa shape index (κ2) is 5.24. The Morgan fingerprint density at radius 1 is 0.864 bits per heavy atom. The van der Waals surface area contributed by atoms with E-state index >= 15 is 0 Å². The Morgan fingerprint density at radius 2 is 1.41 bits per heavy atom. The standard InChI is InChI=1S/C18H27NO3/c20-16(14-2-1-3-15(7-14)17(21)22)19-18-8-11-4-12(9-18)6-13(5-11)10-18/h11-15H,1-10H2,(H,19,20)(H,21,22). The van der Waals surface area contributed by atoms with E-state index in [2.05, 4.69) is 5.32 Å². The quantitative estimate of drug-likeness (QED) is 0.842. The number of rotatable bonds is 3. The summed E-state index contributed by atoms with van der Waals surface area (Å²) in [6.07, 6.45) is 10.6. The molecule has 1 amide bonds. The minimum absolute atomic E-state index is 0.0575. The van der Waals surface area contributed by atoms with Crippen LogP contribution in [0.2, 0.25) is 0 Å². The van der Waals surface area contributed by atoms with Crippen LogP contribution in [-0.2, 0) is 9.59 Å². The molecule has 4 nitrogen and oxygen atoms in total. The van der Waals surface area contributed by atoms with Gasteiger partial charge in [0.05, 0.1) is 5.92 Å². The number of hydrogen-bond donors (Lipinski definition) is 2. The van der Waals surface area contributed by atoms with E-state index in [4.69, 9.17) is 0 Å². The van der Waals surface area contributed by atoms with Crippen LogP contribution in [0.15, 0.2) is 0 Å². The third-order valence-electron chi connectivity index (χ3n) is 6.82. The van der Waals surface area contributed by atoms with Gasteiger partial charge < -0.3 is 10.4 Å². The molecule has 2 atom stereocenters. The zero-order valence-corrected chi connectivity index (χ0v) is 13.2. The van der Waals surface area contributed by atoms with Crippen LogP contribution in [0.25, 0.3) is 0 Å². The fourth-order valence-corrected chi connectivity index (χ4v) is 6.28. The molecule has 0 spiro atoms. The van der Waals surface area contributed by atoms with Crippen LogP contribution in [0, 0.1) is 29.6 Å². The molecular weight excluding hydrogens is 278 g/mol. The fraction of sp³-hybridized carbons (Fsp3) is 0.889. The molecule has 4 bridgehead atoms. The Hall–Kier alpha value is -1.06. The number of aliphatic carboxylic acids is 1. The van der Waals surface area contributed by atoms with Crippen molar-refractivity contribution in [1.82, 2.24) is 5.32 Å². The lowest BCUT2D eigenvalue weighted by atomic mass is 9.53. The molecule has 5 aliphatic rings. The van der Waals surface area contributed by atoms with Gasteiger partial charge in [0.1, 0.15) is 0 Å². The number of carbonyl (C=O) groups is 2. The van der Waals surface area contributed by atoms with Crippen LogP contribution in [-0.4, -0.2) is 22.5 Å². The molecule has 0 aromatic carbocycles. The summed E-state index contributed by atoms with van der Waals surface area (Å²) in [5, 5.41) is 12.6. The van der Waals surface area contributed by atoms with Crippen LogP contribution in [0.5, 0.6) is 0 Å². The average Bonchev–Trinajstić information content (AvgIpc) is 2.45. The average molecular weight is 305 g/mol. The highest BCUT2D eigenvalue weighted by Gasteiger charge is 2.52. The maximum Gasteiger partial charge on any atom is 0.306 e. The topological polar surface area (TPSA) is 66.4 Å². The molecule has 5 aliphatic carbocycles. The van der Waals surface area contributed by atoms with E-state index in [1.54, 1.807) is 0 Å². The van der Waals surface area contributed by atoms with Gasteiger partial charge >= 0.3 is 5.97 Å². The van der Waals surface area contributed by atoms with Crippen LogP contribution in [0.3, 0.4) is 0 Å². The largest absolute Gasteiger partial charge is 0.481 e. The molecular formula is C18H27NO3. The maximum absolute atomic E-state index is 12.7. The van der Waals surface area contributed by atoms with Crippen molar-refractivity contribution in [3.05, 3.63) is 0 Å². The summed E-state index contributed by atoms with van der Waals surface area (Å²) < 4.78 is 0. The summed E-state index contributed by atoms with van der Waals surface area (Å²) in [4.78, 5) is 23.9. The van der Waals surface area contributed by atoms with Crippen molar-refractivity contribution in [2.24, 2.45) is 29.6 Å². The molecule has 22 heavy (non-hydrogen) atoms. The summed E-state index contributed by atoms with van der Waals surface area (Å²) in [5.74, 6) is 1.49. The van der Waals surface area contributed by atoms with E-state index in [-0.39, 0.29) is 23.3 Å². The molecule has 2 unspecified atom stereocenters. The third kappa shape index (κ3) is 2.55. The highest BCUT2D eigenvalue weighted by Crippen LogP contribution is 2.55. The summed E-state index contributed by atoms with van der Waals surface area (Å²) in [6, 6.07) is 0. The third-order valence-corrected chi connectivity index (χ3v) is 6.82. The van der Waals surface area contributed by atoms with Gasteiger partial charge in [-0.1, -0.05) is 6.42 Å². The highest BCUT2D eigenvalue weighted by molar-refractivity contribution is 5.81. The van der Waals surface area contributed by atoms with E-state index in [1.807, 2.05) is 0 Å². The number of amides is 1. The number of carboxylic acids is 1. The van der Waals surface area contributed by atoms with Crippen molar-refractivity contribution in [2.45, 2.75) is 69.7 Å². The first-order chi connectivity index (χ1) is 10.5. The zero-order valence-electron chi connectivity index (χ0n) is 13.2. The number of nitrogens with one attached hydrogen (secondary N) is 1. The first kappa shape index (κ1) is 14.5. The van der Waals surface area contributed by atoms with Gasteiger partial charge in [-0.2, -0.15) is 0 Å². The Labute approximate surface area is 132 Å². The molecule has 4 heteroatoms. The molecule has 0 aromatic heterocycles. The van der Waals surface area contributed by atoms with Crippen molar-refractivity contribution < 1.29 is 14.7 Å². The van der Waals surface area contributed by atoms with Gasteiger partial charge in [-0.25, -0.2) is 0 Å². The Kier molecular flexibility index (Phi) is 3.46. The monoisotopic (exact) mass is 305 g/mol. The summed E-state index contributed by atoms with van der Waals surface area (Å²) in [6.45, 7) is 0. The molecule has 0 aliphatic heterocycles. The predicted molar refractivity (Wildman–Crippen MR) is 82.1 cm³/mol. The lowest BCUT2D eigenvalue weighted by Crippen LogP contribution is -2.60. The number of hydrogen-bond acceptors (Lipinski definition) is 2. The van der Waals surface area contributed by atoms with E-state index in [1.165, 1.54) is 38.5 Å².